The monoisotopic (exact) mass is 399 g/mol. The number of carbonyl (C=O) groups excluding carboxylic acids is 2. The van der Waals surface area contributed by atoms with Gasteiger partial charge in [0.2, 0.25) is 5.78 Å². The fourth-order valence-corrected chi connectivity index (χ4v) is 5.66. The molecular weight excluding hydrogens is 386 g/mol. The minimum absolute atomic E-state index is 0.145. The number of alkyl halides is 1. The first-order valence-corrected chi connectivity index (χ1v) is 9.71. The summed E-state index contributed by atoms with van der Waals surface area (Å²) in [5.41, 5.74) is 0.942. The van der Waals surface area contributed by atoms with Crippen molar-refractivity contribution < 1.29 is 22.7 Å². The molecule has 1 aromatic carbocycles. The third-order valence-corrected chi connectivity index (χ3v) is 6.60. The van der Waals surface area contributed by atoms with Crippen molar-refractivity contribution in [3.05, 3.63) is 47.2 Å². The number of sulfone groups is 1. The molecule has 2 heterocycles. The number of amides is 1. The normalized spacial score (nSPS) is 25.8. The van der Waals surface area contributed by atoms with Crippen LogP contribution in [0.1, 0.15) is 10.4 Å². The van der Waals surface area contributed by atoms with E-state index in [4.69, 9.17) is 4.74 Å². The maximum atomic E-state index is 12.8. The van der Waals surface area contributed by atoms with E-state index in [1.807, 2.05) is 0 Å². The highest BCUT2D eigenvalue weighted by Crippen LogP contribution is 2.39. The highest BCUT2D eigenvalue weighted by molar-refractivity contribution is 9.09. The molecule has 1 saturated heterocycles. The Bertz CT molecular complexity index is 802. The Hall–Kier alpha value is -1.51. The van der Waals surface area contributed by atoms with Gasteiger partial charge in [0.25, 0.3) is 5.91 Å². The SMILES string of the molecule is CO[C@H]1C(=O)N2C(C(=O)c3ccccc3)=C(CBr)CS(=O)(=O)[C@H]12. The maximum Gasteiger partial charge on any atom is 0.260 e. The summed E-state index contributed by atoms with van der Waals surface area (Å²) >= 11 is 3.22. The first kappa shape index (κ1) is 16.4. The maximum absolute atomic E-state index is 12.8. The van der Waals surface area contributed by atoms with Gasteiger partial charge in [-0.15, -0.1) is 0 Å². The van der Waals surface area contributed by atoms with Gasteiger partial charge in [-0.3, -0.25) is 14.5 Å². The molecule has 3 rings (SSSR count). The lowest BCUT2D eigenvalue weighted by Gasteiger charge is -2.48. The highest BCUT2D eigenvalue weighted by atomic mass is 79.9. The molecule has 1 amide bonds. The zero-order valence-electron chi connectivity index (χ0n) is 12.2. The molecule has 0 unspecified atom stereocenters. The van der Waals surface area contributed by atoms with Crippen LogP contribution in [-0.2, 0) is 19.4 Å². The molecule has 1 fully saturated rings. The van der Waals surface area contributed by atoms with E-state index >= 15 is 0 Å². The van der Waals surface area contributed by atoms with E-state index in [2.05, 4.69) is 15.9 Å². The van der Waals surface area contributed by atoms with E-state index in [1.54, 1.807) is 30.3 Å². The zero-order chi connectivity index (χ0) is 16.8. The lowest BCUT2D eigenvalue weighted by atomic mass is 9.99. The second kappa shape index (κ2) is 5.85. The number of nitrogens with zero attached hydrogens (tertiary/aromatic N) is 1. The van der Waals surface area contributed by atoms with Crippen LogP contribution in [0.15, 0.2) is 41.6 Å². The standard InChI is InChI=1S/C15H14BrNO5S/c1-22-13-14(19)17-11(12(18)9-5-3-2-4-6-9)10(7-16)8-23(20,21)15(13)17/h2-6,13,15H,7-8H2,1H3/t13-,15+/m0/s1. The number of hydrogen-bond donors (Lipinski definition) is 0. The van der Waals surface area contributed by atoms with E-state index in [0.717, 1.165) is 4.90 Å². The zero-order valence-corrected chi connectivity index (χ0v) is 14.6. The molecule has 0 aromatic heterocycles. The number of methoxy groups -OCH3 is 1. The average Bonchev–Trinajstić information content (AvgIpc) is 2.55. The van der Waals surface area contributed by atoms with Crippen molar-refractivity contribution in [1.29, 1.82) is 0 Å². The van der Waals surface area contributed by atoms with E-state index in [9.17, 15) is 18.0 Å². The molecule has 0 saturated carbocycles. The molecule has 0 bridgehead atoms. The molecule has 2 aliphatic heterocycles. The first-order chi connectivity index (χ1) is 10.9. The Morgan fingerprint density at radius 3 is 2.57 bits per heavy atom. The average molecular weight is 400 g/mol. The van der Waals surface area contributed by atoms with E-state index in [0.29, 0.717) is 11.1 Å². The van der Waals surface area contributed by atoms with Crippen LogP contribution in [0.4, 0.5) is 0 Å². The summed E-state index contributed by atoms with van der Waals surface area (Å²) < 4.78 is 29.8. The van der Waals surface area contributed by atoms with E-state index in [-0.39, 0.29) is 22.6 Å². The van der Waals surface area contributed by atoms with Gasteiger partial charge in [0, 0.05) is 18.0 Å². The van der Waals surface area contributed by atoms with Crippen LogP contribution in [0, 0.1) is 0 Å². The number of fused-ring (bicyclic) bond motifs is 1. The fraction of sp³-hybridized carbons (Fsp3) is 0.333. The summed E-state index contributed by atoms with van der Waals surface area (Å²) in [4.78, 5) is 26.1. The third-order valence-electron chi connectivity index (χ3n) is 3.98. The van der Waals surface area contributed by atoms with Crippen LogP contribution < -0.4 is 0 Å². The fourth-order valence-electron chi connectivity index (χ4n) is 2.91. The molecule has 2 atom stereocenters. The van der Waals surface area contributed by atoms with Gasteiger partial charge in [-0.25, -0.2) is 8.42 Å². The molecule has 23 heavy (non-hydrogen) atoms. The predicted molar refractivity (Wildman–Crippen MR) is 86.8 cm³/mol. The second-order valence-corrected chi connectivity index (χ2v) is 8.00. The molecular formula is C15H14BrNO5S. The third kappa shape index (κ3) is 2.45. The molecule has 0 spiro atoms. The highest BCUT2D eigenvalue weighted by Gasteiger charge is 2.60. The summed E-state index contributed by atoms with van der Waals surface area (Å²) in [6, 6.07) is 8.48. The Labute approximate surface area is 142 Å². The number of carbonyl (C=O) groups is 2. The van der Waals surface area contributed by atoms with Crippen LogP contribution in [-0.4, -0.2) is 54.7 Å². The van der Waals surface area contributed by atoms with Gasteiger partial charge in [-0.1, -0.05) is 46.3 Å². The summed E-state index contributed by atoms with van der Waals surface area (Å²) in [7, 11) is -2.30. The van der Waals surface area contributed by atoms with E-state index < -0.39 is 27.2 Å². The lowest BCUT2D eigenvalue weighted by molar-refractivity contribution is -0.158. The number of allylic oxidation sites excluding steroid dienone is 1. The van der Waals surface area contributed by atoms with Crippen LogP contribution in [0.3, 0.4) is 0 Å². The quantitative estimate of drug-likeness (QED) is 0.430. The Morgan fingerprint density at radius 1 is 1.35 bits per heavy atom. The van der Waals surface area contributed by atoms with Gasteiger partial charge in [0.1, 0.15) is 0 Å². The Morgan fingerprint density at radius 2 is 2.00 bits per heavy atom. The van der Waals surface area contributed by atoms with Gasteiger partial charge >= 0.3 is 0 Å². The van der Waals surface area contributed by atoms with Crippen molar-refractivity contribution in [1.82, 2.24) is 4.90 Å². The second-order valence-electron chi connectivity index (χ2n) is 5.34. The summed E-state index contributed by atoms with van der Waals surface area (Å²) in [5.74, 6) is -1.12. The van der Waals surface area contributed by atoms with Gasteiger partial charge in [-0.2, -0.15) is 0 Å². The van der Waals surface area contributed by atoms with Gasteiger partial charge < -0.3 is 4.74 Å². The Kier molecular flexibility index (Phi) is 4.16. The molecule has 0 aliphatic carbocycles. The first-order valence-electron chi connectivity index (χ1n) is 6.87. The minimum atomic E-state index is -3.59. The van der Waals surface area contributed by atoms with Crippen LogP contribution in [0.5, 0.6) is 0 Å². The lowest BCUT2D eigenvalue weighted by Crippen LogP contribution is -2.70. The number of halogens is 1. The molecule has 0 radical (unpaired) electrons. The van der Waals surface area contributed by atoms with Crippen molar-refractivity contribution in [3.8, 4) is 0 Å². The van der Waals surface area contributed by atoms with Crippen molar-refractivity contribution in [2.24, 2.45) is 0 Å². The number of hydrogen-bond acceptors (Lipinski definition) is 5. The number of β-lactam (4-membered cyclic amide) rings is 1. The summed E-state index contributed by atoms with van der Waals surface area (Å²) in [6.07, 6.45) is -1.05. The van der Waals surface area contributed by atoms with Gasteiger partial charge in [-0.05, 0) is 5.57 Å². The smallest absolute Gasteiger partial charge is 0.260 e. The minimum Gasteiger partial charge on any atom is -0.368 e. The number of rotatable bonds is 4. The topological polar surface area (TPSA) is 80.8 Å². The molecule has 1 aromatic rings. The number of ketones is 1. The Balaban J connectivity index is 2.12. The predicted octanol–water partition coefficient (Wildman–Crippen LogP) is 1.13. The van der Waals surface area contributed by atoms with Crippen molar-refractivity contribution in [2.75, 3.05) is 18.2 Å². The van der Waals surface area contributed by atoms with Gasteiger partial charge in [0.05, 0.1) is 11.4 Å². The van der Waals surface area contributed by atoms with Crippen molar-refractivity contribution in [2.45, 2.75) is 11.5 Å². The van der Waals surface area contributed by atoms with Crippen LogP contribution >= 0.6 is 15.9 Å². The summed E-state index contributed by atoms with van der Waals surface area (Å²) in [6.45, 7) is 0. The number of benzene rings is 1. The molecule has 2 aliphatic rings. The number of ether oxygens (including phenoxy) is 1. The largest absolute Gasteiger partial charge is 0.368 e. The summed E-state index contributed by atoms with van der Waals surface area (Å²) in [5, 5.41) is -0.917. The molecule has 122 valence electrons. The van der Waals surface area contributed by atoms with Crippen molar-refractivity contribution >= 4 is 37.5 Å². The molecule has 0 N–H and O–H groups in total. The van der Waals surface area contributed by atoms with Gasteiger partial charge in [0.15, 0.2) is 21.3 Å². The number of Topliss-reactive ketones (excluding diaryl/α,β-unsaturated/α-hetero) is 1. The van der Waals surface area contributed by atoms with Crippen molar-refractivity contribution in [3.63, 3.8) is 0 Å². The van der Waals surface area contributed by atoms with E-state index in [1.165, 1.54) is 7.11 Å². The molecule has 6 nitrogen and oxygen atoms in total. The molecule has 8 heteroatoms. The van der Waals surface area contributed by atoms with Crippen LogP contribution in [0.25, 0.3) is 0 Å². The van der Waals surface area contributed by atoms with Crippen LogP contribution in [0.2, 0.25) is 0 Å².